The molecule has 1 aliphatic rings. The Hall–Kier alpha value is -2.87. The van der Waals surface area contributed by atoms with Crippen LogP contribution in [0, 0.1) is 0 Å². The average molecular weight is 427 g/mol. The van der Waals surface area contributed by atoms with Gasteiger partial charge in [-0.05, 0) is 57.0 Å². The first kappa shape index (κ1) is 20.4. The first-order valence-corrected chi connectivity index (χ1v) is 10.9. The summed E-state index contributed by atoms with van der Waals surface area (Å²) in [7, 11) is 0. The number of likely N-dealkylation sites (tertiary alicyclic amines) is 1. The van der Waals surface area contributed by atoms with Crippen LogP contribution in [-0.2, 0) is 11.3 Å². The van der Waals surface area contributed by atoms with E-state index < -0.39 is 5.60 Å². The molecule has 0 saturated carbocycles. The van der Waals surface area contributed by atoms with Gasteiger partial charge in [0.25, 0.3) is 5.91 Å². The minimum absolute atomic E-state index is 0.0866. The average Bonchev–Trinajstić information content (AvgIpc) is 3.44. The molecule has 0 aliphatic carbocycles. The van der Waals surface area contributed by atoms with E-state index in [1.165, 1.54) is 11.3 Å². The fraction of sp³-hybridized carbons (Fsp3) is 0.409. The van der Waals surface area contributed by atoms with Crippen LogP contribution in [0.4, 0.5) is 4.79 Å². The molecule has 3 aromatic heterocycles. The second-order valence-electron chi connectivity index (χ2n) is 8.52. The SMILES string of the molecule is CC(C)(C)OC(=O)N1CCC(c2ccc(C(=O)NCc3ccn4ccnc4c3)s2)C1. The summed E-state index contributed by atoms with van der Waals surface area (Å²) < 4.78 is 7.39. The fourth-order valence-corrected chi connectivity index (χ4v) is 4.56. The molecule has 0 spiro atoms. The summed E-state index contributed by atoms with van der Waals surface area (Å²) in [6, 6.07) is 7.80. The summed E-state index contributed by atoms with van der Waals surface area (Å²) in [5, 5.41) is 2.98. The second-order valence-corrected chi connectivity index (χ2v) is 9.64. The summed E-state index contributed by atoms with van der Waals surface area (Å²) >= 11 is 1.50. The molecule has 7 nitrogen and oxygen atoms in total. The van der Waals surface area contributed by atoms with Crippen molar-refractivity contribution in [2.75, 3.05) is 13.1 Å². The van der Waals surface area contributed by atoms with Crippen molar-refractivity contribution in [1.82, 2.24) is 19.6 Å². The zero-order chi connectivity index (χ0) is 21.3. The predicted octanol–water partition coefficient (Wildman–Crippen LogP) is 4.05. The highest BCUT2D eigenvalue weighted by Gasteiger charge is 2.31. The van der Waals surface area contributed by atoms with Crippen molar-refractivity contribution >= 4 is 29.0 Å². The third kappa shape index (κ3) is 4.64. The van der Waals surface area contributed by atoms with E-state index in [4.69, 9.17) is 4.74 Å². The fourth-order valence-electron chi connectivity index (χ4n) is 3.51. The lowest BCUT2D eigenvalue weighted by Gasteiger charge is -2.24. The molecular formula is C22H26N4O3S. The van der Waals surface area contributed by atoms with Crippen molar-refractivity contribution in [2.45, 2.75) is 45.3 Å². The first-order valence-electron chi connectivity index (χ1n) is 10.1. The monoisotopic (exact) mass is 426 g/mol. The van der Waals surface area contributed by atoms with E-state index in [1.54, 1.807) is 11.1 Å². The number of hydrogen-bond donors (Lipinski definition) is 1. The smallest absolute Gasteiger partial charge is 0.410 e. The standard InChI is InChI=1S/C22H26N4O3S/c1-22(2,3)29-21(28)26-10-7-16(14-26)17-4-5-18(30-17)20(27)24-13-15-6-9-25-11-8-23-19(25)12-15/h4-6,8-9,11-12,16H,7,10,13-14H2,1-3H3,(H,24,27). The van der Waals surface area contributed by atoms with Gasteiger partial charge in [0.15, 0.2) is 0 Å². The number of amides is 2. The van der Waals surface area contributed by atoms with E-state index in [-0.39, 0.29) is 17.9 Å². The number of aromatic nitrogens is 2. The van der Waals surface area contributed by atoms with Crippen molar-refractivity contribution in [2.24, 2.45) is 0 Å². The molecule has 2 amide bonds. The van der Waals surface area contributed by atoms with Crippen LogP contribution in [0.3, 0.4) is 0 Å². The minimum atomic E-state index is -0.495. The van der Waals surface area contributed by atoms with Gasteiger partial charge in [-0.1, -0.05) is 0 Å². The number of carbonyl (C=O) groups excluding carboxylic acids is 2. The van der Waals surface area contributed by atoms with Crippen LogP contribution < -0.4 is 5.32 Å². The maximum atomic E-state index is 12.6. The molecule has 1 saturated heterocycles. The normalized spacial score (nSPS) is 16.8. The highest BCUT2D eigenvalue weighted by Crippen LogP contribution is 2.33. The number of ether oxygens (including phenoxy) is 1. The van der Waals surface area contributed by atoms with E-state index in [2.05, 4.69) is 10.3 Å². The molecule has 1 atom stereocenters. The molecule has 1 N–H and O–H groups in total. The Morgan fingerprint density at radius 1 is 1.27 bits per heavy atom. The zero-order valence-electron chi connectivity index (χ0n) is 17.4. The Morgan fingerprint density at radius 3 is 2.90 bits per heavy atom. The van der Waals surface area contributed by atoms with Gasteiger partial charge < -0.3 is 19.4 Å². The number of carbonyl (C=O) groups is 2. The van der Waals surface area contributed by atoms with Crippen molar-refractivity contribution in [3.63, 3.8) is 0 Å². The van der Waals surface area contributed by atoms with Crippen LogP contribution in [0.25, 0.3) is 5.65 Å². The maximum absolute atomic E-state index is 12.6. The van der Waals surface area contributed by atoms with Gasteiger partial charge >= 0.3 is 6.09 Å². The Balaban J connectivity index is 1.33. The molecule has 4 heterocycles. The van der Waals surface area contributed by atoms with Crippen LogP contribution in [0.1, 0.15) is 53.2 Å². The van der Waals surface area contributed by atoms with Crippen LogP contribution in [0.5, 0.6) is 0 Å². The number of thiophene rings is 1. The Labute approximate surface area is 179 Å². The van der Waals surface area contributed by atoms with E-state index in [0.29, 0.717) is 24.5 Å². The lowest BCUT2D eigenvalue weighted by atomic mass is 10.1. The van der Waals surface area contributed by atoms with E-state index in [9.17, 15) is 9.59 Å². The van der Waals surface area contributed by atoms with Gasteiger partial charge in [-0.2, -0.15) is 0 Å². The Kier molecular flexibility index (Phi) is 5.51. The van der Waals surface area contributed by atoms with Crippen LogP contribution in [0.15, 0.2) is 42.9 Å². The Morgan fingerprint density at radius 2 is 2.10 bits per heavy atom. The largest absolute Gasteiger partial charge is 0.444 e. The van der Waals surface area contributed by atoms with Crippen LogP contribution in [-0.4, -0.2) is 45.0 Å². The molecular weight excluding hydrogens is 400 g/mol. The summed E-state index contributed by atoms with van der Waals surface area (Å²) in [5.74, 6) is 0.156. The van der Waals surface area contributed by atoms with Gasteiger partial charge in [0.2, 0.25) is 0 Å². The third-order valence-corrected chi connectivity index (χ3v) is 6.25. The van der Waals surface area contributed by atoms with Crippen LogP contribution in [0.2, 0.25) is 0 Å². The molecule has 3 aromatic rings. The molecule has 30 heavy (non-hydrogen) atoms. The summed E-state index contributed by atoms with van der Waals surface area (Å²) in [4.78, 5) is 32.7. The quantitative estimate of drug-likeness (QED) is 0.683. The third-order valence-electron chi connectivity index (χ3n) is 5.01. The molecule has 1 fully saturated rings. The molecule has 1 aliphatic heterocycles. The molecule has 8 heteroatoms. The number of fused-ring (bicyclic) bond motifs is 1. The highest BCUT2D eigenvalue weighted by molar-refractivity contribution is 7.14. The van der Waals surface area contributed by atoms with Crippen LogP contribution >= 0.6 is 11.3 Å². The summed E-state index contributed by atoms with van der Waals surface area (Å²) in [6.45, 7) is 7.36. The predicted molar refractivity (Wildman–Crippen MR) is 116 cm³/mol. The number of nitrogens with zero attached hydrogens (tertiary/aromatic N) is 3. The summed E-state index contributed by atoms with van der Waals surface area (Å²) in [5.41, 5.74) is 1.37. The molecule has 0 bridgehead atoms. The molecule has 1 unspecified atom stereocenters. The van der Waals surface area contributed by atoms with Crippen molar-refractivity contribution in [3.8, 4) is 0 Å². The Bertz CT molecular complexity index is 1070. The molecule has 0 aromatic carbocycles. The van der Waals surface area contributed by atoms with Gasteiger partial charge in [0.05, 0.1) is 4.88 Å². The topological polar surface area (TPSA) is 75.9 Å². The van der Waals surface area contributed by atoms with Gasteiger partial charge in [-0.25, -0.2) is 9.78 Å². The van der Waals surface area contributed by atoms with E-state index in [0.717, 1.165) is 22.5 Å². The summed E-state index contributed by atoms with van der Waals surface area (Å²) in [6.07, 6.45) is 6.18. The minimum Gasteiger partial charge on any atom is -0.444 e. The van der Waals surface area contributed by atoms with Crippen molar-refractivity contribution in [3.05, 3.63) is 58.2 Å². The lowest BCUT2D eigenvalue weighted by Crippen LogP contribution is -2.35. The van der Waals surface area contributed by atoms with Gasteiger partial charge in [0.1, 0.15) is 11.2 Å². The maximum Gasteiger partial charge on any atom is 0.410 e. The lowest BCUT2D eigenvalue weighted by molar-refractivity contribution is 0.0292. The molecule has 158 valence electrons. The first-order chi connectivity index (χ1) is 14.3. The van der Waals surface area contributed by atoms with Gasteiger partial charge in [-0.15, -0.1) is 11.3 Å². The van der Waals surface area contributed by atoms with Crippen molar-refractivity contribution in [1.29, 1.82) is 0 Å². The molecule has 4 rings (SSSR count). The van der Waals surface area contributed by atoms with Gasteiger partial charge in [-0.3, -0.25) is 4.79 Å². The van der Waals surface area contributed by atoms with Gasteiger partial charge in [0, 0.05) is 49.0 Å². The van der Waals surface area contributed by atoms with Crippen molar-refractivity contribution < 1.29 is 14.3 Å². The number of nitrogens with one attached hydrogen (secondary N) is 1. The zero-order valence-corrected chi connectivity index (χ0v) is 18.2. The number of hydrogen-bond acceptors (Lipinski definition) is 5. The number of imidazole rings is 1. The number of pyridine rings is 1. The van der Waals surface area contributed by atoms with E-state index >= 15 is 0 Å². The number of rotatable bonds is 4. The van der Waals surface area contributed by atoms with E-state index in [1.807, 2.05) is 61.8 Å². The molecule has 0 radical (unpaired) electrons. The second kappa shape index (κ2) is 8.10. The highest BCUT2D eigenvalue weighted by atomic mass is 32.1.